The van der Waals surface area contributed by atoms with Gasteiger partial charge in [0.1, 0.15) is 11.9 Å². The van der Waals surface area contributed by atoms with E-state index in [9.17, 15) is 8.78 Å². The predicted octanol–water partition coefficient (Wildman–Crippen LogP) is 3.52. The van der Waals surface area contributed by atoms with Gasteiger partial charge < -0.3 is 14.4 Å². The molecule has 0 amide bonds. The van der Waals surface area contributed by atoms with E-state index in [1.807, 2.05) is 0 Å². The van der Waals surface area contributed by atoms with Gasteiger partial charge in [-0.2, -0.15) is 0 Å². The molecule has 1 aliphatic rings. The highest BCUT2D eigenvalue weighted by Gasteiger charge is 2.26. The maximum Gasteiger partial charge on any atom is 0.267 e. The summed E-state index contributed by atoms with van der Waals surface area (Å²) < 4.78 is 37.3. The monoisotopic (exact) mass is 370 g/mol. The van der Waals surface area contributed by atoms with Crippen molar-refractivity contribution in [3.63, 3.8) is 0 Å². The molecule has 0 atom stereocenters. The first kappa shape index (κ1) is 17.6. The van der Waals surface area contributed by atoms with Gasteiger partial charge in [-0.15, -0.1) is 10.2 Å². The van der Waals surface area contributed by atoms with Crippen LogP contribution in [-0.2, 0) is 0 Å². The van der Waals surface area contributed by atoms with Gasteiger partial charge in [-0.1, -0.05) is 11.6 Å². The van der Waals surface area contributed by atoms with E-state index in [2.05, 4.69) is 15.2 Å². The smallest absolute Gasteiger partial charge is 0.267 e. The summed E-state index contributed by atoms with van der Waals surface area (Å²) >= 11 is 5.67. The molecular formula is C16H17ClF2N4O2. The number of hydrogen-bond donors (Lipinski definition) is 0. The van der Waals surface area contributed by atoms with Crippen LogP contribution in [0.5, 0.6) is 11.6 Å². The number of piperidine rings is 1. The minimum atomic E-state index is -2.65. The maximum atomic E-state index is 13.2. The number of halogens is 3. The van der Waals surface area contributed by atoms with Crippen LogP contribution in [0.4, 0.5) is 14.6 Å². The molecule has 0 spiro atoms. The lowest BCUT2D eigenvalue weighted by Gasteiger charge is -2.33. The Labute approximate surface area is 148 Å². The lowest BCUT2D eigenvalue weighted by Crippen LogP contribution is -2.39. The second kappa shape index (κ2) is 7.77. The van der Waals surface area contributed by atoms with Gasteiger partial charge in [0.25, 0.3) is 6.43 Å². The number of hydrogen-bond acceptors (Lipinski definition) is 6. The van der Waals surface area contributed by atoms with E-state index in [4.69, 9.17) is 21.1 Å². The fraction of sp³-hybridized carbons (Fsp3) is 0.438. The zero-order valence-corrected chi connectivity index (χ0v) is 14.3. The summed E-state index contributed by atoms with van der Waals surface area (Å²) in [4.78, 5) is 5.88. The molecule has 25 heavy (non-hydrogen) atoms. The summed E-state index contributed by atoms with van der Waals surface area (Å²) in [6.45, 7) is 1.09. The quantitative estimate of drug-likeness (QED) is 0.802. The number of anilines is 1. The van der Waals surface area contributed by atoms with Crippen LogP contribution in [0.3, 0.4) is 0 Å². The van der Waals surface area contributed by atoms with Crippen molar-refractivity contribution in [3.05, 3.63) is 35.1 Å². The van der Waals surface area contributed by atoms with Gasteiger partial charge in [0.2, 0.25) is 5.88 Å². The molecule has 134 valence electrons. The van der Waals surface area contributed by atoms with Gasteiger partial charge in [0.05, 0.1) is 18.9 Å². The van der Waals surface area contributed by atoms with Crippen LogP contribution in [0.2, 0.25) is 5.15 Å². The Balaban J connectivity index is 1.62. The first-order valence-corrected chi connectivity index (χ1v) is 8.17. The first-order chi connectivity index (χ1) is 12.1. The summed E-state index contributed by atoms with van der Waals surface area (Å²) in [6.07, 6.45) is 0.298. The van der Waals surface area contributed by atoms with Gasteiger partial charge in [0.15, 0.2) is 11.0 Å². The van der Waals surface area contributed by atoms with Crippen molar-refractivity contribution in [1.82, 2.24) is 15.2 Å². The van der Waals surface area contributed by atoms with E-state index >= 15 is 0 Å². The van der Waals surface area contributed by atoms with Gasteiger partial charge in [-0.3, -0.25) is 0 Å². The van der Waals surface area contributed by atoms with E-state index in [0.717, 1.165) is 0 Å². The van der Waals surface area contributed by atoms with Crippen LogP contribution in [0.25, 0.3) is 0 Å². The summed E-state index contributed by atoms with van der Waals surface area (Å²) in [5, 5.41) is 7.50. The molecule has 1 saturated heterocycles. The lowest BCUT2D eigenvalue weighted by molar-refractivity contribution is 0.149. The first-order valence-electron chi connectivity index (χ1n) is 7.79. The third-order valence-corrected chi connectivity index (χ3v) is 4.16. The lowest BCUT2D eigenvalue weighted by atomic mass is 10.1. The third kappa shape index (κ3) is 4.25. The number of alkyl halides is 2. The molecule has 0 radical (unpaired) electrons. The summed E-state index contributed by atoms with van der Waals surface area (Å²) in [6, 6.07) is 4.68. The van der Waals surface area contributed by atoms with Crippen molar-refractivity contribution >= 4 is 17.4 Å². The van der Waals surface area contributed by atoms with Crippen LogP contribution in [0.1, 0.15) is 24.8 Å². The van der Waals surface area contributed by atoms with Crippen LogP contribution < -0.4 is 14.4 Å². The molecule has 1 fully saturated rings. The van der Waals surface area contributed by atoms with E-state index in [1.54, 1.807) is 30.3 Å². The largest absolute Gasteiger partial charge is 0.489 e. The fourth-order valence-corrected chi connectivity index (χ4v) is 2.87. The van der Waals surface area contributed by atoms with E-state index in [0.29, 0.717) is 37.6 Å². The average molecular weight is 371 g/mol. The molecule has 9 heteroatoms. The van der Waals surface area contributed by atoms with Gasteiger partial charge in [0, 0.05) is 32.0 Å². The molecular weight excluding hydrogens is 354 g/mol. The zero-order valence-electron chi connectivity index (χ0n) is 13.5. The maximum absolute atomic E-state index is 13.2. The third-order valence-electron chi connectivity index (χ3n) is 3.97. The second-order valence-electron chi connectivity index (χ2n) is 5.59. The van der Waals surface area contributed by atoms with Gasteiger partial charge >= 0.3 is 0 Å². The summed E-state index contributed by atoms with van der Waals surface area (Å²) in [5.74, 6) is 1.35. The molecule has 3 heterocycles. The Kier molecular flexibility index (Phi) is 5.47. The highest BCUT2D eigenvalue weighted by atomic mass is 35.5. The minimum absolute atomic E-state index is 0.0123. The Morgan fingerprint density at radius 1 is 1.24 bits per heavy atom. The Hall–Kier alpha value is -2.22. The summed E-state index contributed by atoms with van der Waals surface area (Å²) in [7, 11) is 1.55. The molecule has 6 nitrogen and oxygen atoms in total. The van der Waals surface area contributed by atoms with E-state index < -0.39 is 6.43 Å². The summed E-state index contributed by atoms with van der Waals surface area (Å²) in [5.41, 5.74) is -0.196. The average Bonchev–Trinajstić information content (AvgIpc) is 2.63. The second-order valence-corrected chi connectivity index (χ2v) is 5.97. The van der Waals surface area contributed by atoms with Crippen molar-refractivity contribution in [2.75, 3.05) is 25.1 Å². The van der Waals surface area contributed by atoms with Gasteiger partial charge in [-0.25, -0.2) is 13.8 Å². The molecule has 0 unspecified atom stereocenters. The number of rotatable bonds is 5. The minimum Gasteiger partial charge on any atom is -0.489 e. The number of methoxy groups -OCH3 is 1. The fourth-order valence-electron chi connectivity index (χ4n) is 2.72. The predicted molar refractivity (Wildman–Crippen MR) is 88.7 cm³/mol. The topological polar surface area (TPSA) is 60.4 Å². The van der Waals surface area contributed by atoms with Crippen molar-refractivity contribution < 1.29 is 18.3 Å². The Bertz CT molecular complexity index is 710. The normalized spacial score (nSPS) is 15.5. The molecule has 3 rings (SSSR count). The molecule has 1 aliphatic heterocycles. The van der Waals surface area contributed by atoms with Crippen LogP contribution in [0.15, 0.2) is 24.4 Å². The standard InChI is InChI=1S/C16H17ClF2N4O2/c1-24-14-3-2-11(9-20-14)25-10-4-6-23(7-5-10)16-12(15(18)19)8-13(17)21-22-16/h2-3,8-10,15H,4-7H2,1H3. The van der Waals surface area contributed by atoms with E-state index in [-0.39, 0.29) is 22.6 Å². The van der Waals surface area contributed by atoms with Crippen LogP contribution >= 0.6 is 11.6 Å². The zero-order chi connectivity index (χ0) is 17.8. The molecule has 2 aromatic heterocycles. The van der Waals surface area contributed by atoms with Crippen LogP contribution in [-0.4, -0.2) is 41.5 Å². The molecule has 0 saturated carbocycles. The van der Waals surface area contributed by atoms with Crippen molar-refractivity contribution in [2.45, 2.75) is 25.4 Å². The van der Waals surface area contributed by atoms with Gasteiger partial charge in [-0.05, 0) is 12.1 Å². The van der Waals surface area contributed by atoms with E-state index in [1.165, 1.54) is 6.07 Å². The van der Waals surface area contributed by atoms with Crippen molar-refractivity contribution in [3.8, 4) is 11.6 Å². The molecule has 0 aromatic carbocycles. The Morgan fingerprint density at radius 2 is 2.00 bits per heavy atom. The SMILES string of the molecule is COc1ccc(OC2CCN(c3nnc(Cl)cc3C(F)F)CC2)cn1. The van der Waals surface area contributed by atoms with Crippen molar-refractivity contribution in [2.24, 2.45) is 0 Å². The van der Waals surface area contributed by atoms with Crippen LogP contribution in [0, 0.1) is 0 Å². The number of pyridine rings is 1. The molecule has 0 bridgehead atoms. The number of ether oxygens (including phenoxy) is 2. The highest BCUT2D eigenvalue weighted by molar-refractivity contribution is 6.29. The molecule has 0 aliphatic carbocycles. The number of nitrogens with zero attached hydrogens (tertiary/aromatic N) is 4. The highest BCUT2D eigenvalue weighted by Crippen LogP contribution is 2.31. The Morgan fingerprint density at radius 3 is 2.60 bits per heavy atom. The van der Waals surface area contributed by atoms with Crippen molar-refractivity contribution in [1.29, 1.82) is 0 Å². The molecule has 0 N–H and O–H groups in total. The molecule has 2 aromatic rings. The number of aromatic nitrogens is 3.